The molecule has 0 fully saturated rings. The van der Waals surface area contributed by atoms with Crippen LogP contribution < -0.4 is 29.2 Å². The smallest absolute Gasteiger partial charge is 0.336 e. The summed E-state index contributed by atoms with van der Waals surface area (Å²) in [6, 6.07) is 2.71. The zero-order valence-corrected chi connectivity index (χ0v) is 29.9. The molecule has 24 heteroatoms. The zero-order valence-electron chi connectivity index (χ0n) is 25.9. The highest BCUT2D eigenvalue weighted by Gasteiger charge is 2.28. The molecule has 48 heavy (non-hydrogen) atoms. The number of nitrogens with one attached hydrogen (secondary N) is 2. The van der Waals surface area contributed by atoms with Crippen LogP contribution in [0.1, 0.15) is 12.8 Å². The van der Waals surface area contributed by atoms with Gasteiger partial charge in [0, 0.05) is 25.0 Å². The Bertz CT molecular complexity index is 2000. The van der Waals surface area contributed by atoms with Crippen LogP contribution in [0.5, 0.6) is 11.8 Å². The first-order valence-electron chi connectivity index (χ1n) is 13.3. The number of rotatable bonds is 10. The number of hydrogen-bond donors (Lipinski definition) is 2. The first-order valence-corrected chi connectivity index (χ1v) is 18.7. The molecule has 0 atom stereocenters. The van der Waals surface area contributed by atoms with Gasteiger partial charge in [-0.1, -0.05) is 15.3 Å². The van der Waals surface area contributed by atoms with Gasteiger partial charge in [-0.2, -0.15) is 18.4 Å². The Morgan fingerprint density at radius 1 is 1.08 bits per heavy atom. The number of benzene rings is 1. The molecule has 4 rings (SSSR count). The Hall–Kier alpha value is -3.77. The van der Waals surface area contributed by atoms with E-state index in [4.69, 9.17) is 21.1 Å². The van der Waals surface area contributed by atoms with Crippen molar-refractivity contribution >= 4 is 78.6 Å². The highest BCUT2D eigenvalue weighted by Crippen LogP contribution is 2.33. The van der Waals surface area contributed by atoms with E-state index in [1.54, 1.807) is 9.36 Å². The van der Waals surface area contributed by atoms with E-state index in [1.807, 2.05) is 5.32 Å². The number of urea groups is 1. The molecular formula is C24H30ClFN8O10S4. The summed E-state index contributed by atoms with van der Waals surface area (Å²) >= 11 is 8.17. The fourth-order valence-corrected chi connectivity index (χ4v) is 7.53. The third-order valence-electron chi connectivity index (χ3n) is 6.03. The van der Waals surface area contributed by atoms with Crippen LogP contribution in [0.3, 0.4) is 0 Å². The Balaban J connectivity index is 0.000000262. The molecule has 2 N–H and O–H groups in total. The van der Waals surface area contributed by atoms with Crippen molar-refractivity contribution in [3.05, 3.63) is 43.5 Å². The summed E-state index contributed by atoms with van der Waals surface area (Å²) in [5.74, 6) is -1.12. The molecule has 0 bridgehead atoms. The molecule has 0 saturated heterocycles. The lowest BCUT2D eigenvalue weighted by Gasteiger charge is -2.15. The van der Waals surface area contributed by atoms with Gasteiger partial charge in [0.05, 0.1) is 44.4 Å². The Labute approximate surface area is 287 Å². The van der Waals surface area contributed by atoms with Crippen molar-refractivity contribution in [3.63, 3.8) is 0 Å². The number of fused-ring (bicyclic) bond motifs is 1. The molecule has 0 saturated carbocycles. The maximum atomic E-state index is 14.3. The van der Waals surface area contributed by atoms with Crippen LogP contribution in [-0.4, -0.2) is 92.3 Å². The van der Waals surface area contributed by atoms with Crippen LogP contribution in [0, 0.1) is 5.82 Å². The van der Waals surface area contributed by atoms with Crippen LogP contribution in [0.25, 0.3) is 0 Å². The molecule has 2 amide bonds. The summed E-state index contributed by atoms with van der Waals surface area (Å²) in [5.41, 5.74) is 0.0829. The second-order valence-electron chi connectivity index (χ2n) is 9.29. The van der Waals surface area contributed by atoms with Crippen molar-refractivity contribution in [2.45, 2.75) is 30.8 Å². The minimum absolute atomic E-state index is 0.00654. The fraction of sp³-hybridized carbons (Fsp3) is 0.417. The SMILES string of the molecule is COC(=O)CSc1cc(/N=c2\sc(=O)n3n2CCCC3)c(F)cc1Cl.COc1cc(OC)nc(NC(=O)NS(=O)(=O)N(C)S(C)(=O)=O)n1. The lowest BCUT2D eigenvalue weighted by Crippen LogP contribution is -2.45. The van der Waals surface area contributed by atoms with E-state index in [2.05, 4.69) is 19.7 Å². The molecule has 264 valence electrons. The van der Waals surface area contributed by atoms with E-state index < -0.39 is 38.1 Å². The van der Waals surface area contributed by atoms with Gasteiger partial charge < -0.3 is 14.2 Å². The Morgan fingerprint density at radius 3 is 2.25 bits per heavy atom. The summed E-state index contributed by atoms with van der Waals surface area (Å²) in [4.78, 5) is 47.7. The first kappa shape index (κ1) is 38.7. The summed E-state index contributed by atoms with van der Waals surface area (Å²) in [6.45, 7) is 1.32. The molecule has 3 aromatic rings. The third kappa shape index (κ3) is 10.4. The maximum absolute atomic E-state index is 14.3. The first-order chi connectivity index (χ1) is 22.5. The van der Waals surface area contributed by atoms with Crippen molar-refractivity contribution in [3.8, 4) is 11.8 Å². The van der Waals surface area contributed by atoms with Gasteiger partial charge in [0.25, 0.3) is 0 Å². The number of esters is 1. The summed E-state index contributed by atoms with van der Waals surface area (Å²) in [5, 5.41) is 2.22. The van der Waals surface area contributed by atoms with Crippen molar-refractivity contribution in [2.24, 2.45) is 4.99 Å². The van der Waals surface area contributed by atoms with E-state index >= 15 is 0 Å². The van der Waals surface area contributed by atoms with Crippen LogP contribution in [-0.2, 0) is 42.9 Å². The number of nitrogens with zero attached hydrogens (tertiary/aromatic N) is 6. The standard InChI is InChI=1S/C15H15ClFN3O3S2.C9H15N5O7S2/c1-23-13(21)8-24-12-7-11(10(17)6-9(12)16)18-14-19-4-2-3-5-20(19)15(22)25-14;1-14(22(4,16)17)23(18,19)13-9(15)12-8-10-6(20-2)5-7(11-8)21-3/h6-7H,2-5,8H2,1H3;5H,1-4H3,(H2,10,11,12,13,15)/b18-14-;. The molecule has 0 unspecified atom stereocenters. The molecule has 0 spiro atoms. The maximum Gasteiger partial charge on any atom is 0.336 e. The van der Waals surface area contributed by atoms with Gasteiger partial charge in [0.2, 0.25) is 32.5 Å². The molecule has 3 heterocycles. The third-order valence-corrected chi connectivity index (χ3v) is 11.8. The summed E-state index contributed by atoms with van der Waals surface area (Å²) < 4.78 is 79.3. The number of carbonyl (C=O) groups excluding carboxylic acids is 2. The highest BCUT2D eigenvalue weighted by molar-refractivity contribution is 8.03. The van der Waals surface area contributed by atoms with Gasteiger partial charge in [-0.3, -0.25) is 19.6 Å². The number of methoxy groups -OCH3 is 3. The van der Waals surface area contributed by atoms with Crippen LogP contribution >= 0.6 is 34.7 Å². The van der Waals surface area contributed by atoms with Crippen molar-refractivity contribution < 1.29 is 45.0 Å². The van der Waals surface area contributed by atoms with Crippen molar-refractivity contribution in [1.29, 1.82) is 0 Å². The molecule has 0 aliphatic carbocycles. The average molecular weight is 773 g/mol. The Morgan fingerprint density at radius 2 is 1.69 bits per heavy atom. The molecule has 1 aromatic carbocycles. The average Bonchev–Trinajstić information content (AvgIpc) is 3.35. The Kier molecular flexibility index (Phi) is 13.3. The highest BCUT2D eigenvalue weighted by atomic mass is 35.5. The number of hydrogen-bond acceptors (Lipinski definition) is 15. The minimum atomic E-state index is -4.60. The predicted octanol–water partition coefficient (Wildman–Crippen LogP) is 1.55. The van der Waals surface area contributed by atoms with Crippen molar-refractivity contribution in [1.82, 2.24) is 27.8 Å². The molecule has 0 radical (unpaired) electrons. The second-order valence-corrected chi connectivity index (χ2v) is 15.6. The number of amides is 2. The number of aromatic nitrogens is 4. The number of anilines is 1. The van der Waals surface area contributed by atoms with Gasteiger partial charge in [-0.15, -0.1) is 11.8 Å². The van der Waals surface area contributed by atoms with Crippen LogP contribution in [0.15, 0.2) is 32.9 Å². The zero-order chi connectivity index (χ0) is 35.8. The van der Waals surface area contributed by atoms with Gasteiger partial charge in [0.15, 0.2) is 0 Å². The number of thioether (sulfide) groups is 1. The molecule has 18 nitrogen and oxygen atoms in total. The van der Waals surface area contributed by atoms with E-state index in [-0.39, 0.29) is 42.8 Å². The minimum Gasteiger partial charge on any atom is -0.481 e. The van der Waals surface area contributed by atoms with Gasteiger partial charge >= 0.3 is 27.1 Å². The fourth-order valence-electron chi connectivity index (χ4n) is 3.59. The van der Waals surface area contributed by atoms with Gasteiger partial charge in [-0.25, -0.2) is 32.0 Å². The van der Waals surface area contributed by atoms with Gasteiger partial charge in [-0.05, 0) is 36.3 Å². The molecule has 1 aliphatic rings. The van der Waals surface area contributed by atoms with E-state index in [1.165, 1.54) is 38.2 Å². The predicted molar refractivity (Wildman–Crippen MR) is 174 cm³/mol. The van der Waals surface area contributed by atoms with E-state index in [0.717, 1.165) is 49.1 Å². The van der Waals surface area contributed by atoms with Crippen LogP contribution in [0.2, 0.25) is 5.02 Å². The van der Waals surface area contributed by atoms with Crippen molar-refractivity contribution in [2.75, 3.05) is 45.7 Å². The lowest BCUT2D eigenvalue weighted by atomic mass is 10.3. The second kappa shape index (κ2) is 16.6. The summed E-state index contributed by atoms with van der Waals surface area (Å²) in [6.07, 6.45) is 2.56. The number of sulfonamides is 1. The largest absolute Gasteiger partial charge is 0.481 e. The molecular weight excluding hydrogens is 743 g/mol. The topological polar surface area (TPSA) is 222 Å². The normalized spacial score (nSPS) is 13.2. The quantitative estimate of drug-likeness (QED) is 0.221. The van der Waals surface area contributed by atoms with Crippen LogP contribution in [0.4, 0.5) is 20.8 Å². The van der Waals surface area contributed by atoms with E-state index in [0.29, 0.717) is 29.0 Å². The molecule has 2 aromatic heterocycles. The number of carbonyl (C=O) groups is 2. The number of halogens is 2. The van der Waals surface area contributed by atoms with E-state index in [9.17, 15) is 35.6 Å². The monoisotopic (exact) mass is 772 g/mol. The number of ether oxygens (including phenoxy) is 3. The molecule has 1 aliphatic heterocycles. The van der Waals surface area contributed by atoms with Gasteiger partial charge in [0.1, 0.15) is 11.5 Å². The summed E-state index contributed by atoms with van der Waals surface area (Å²) in [7, 11) is -3.97. The lowest BCUT2D eigenvalue weighted by molar-refractivity contribution is -0.137.